The van der Waals surface area contributed by atoms with Crippen molar-refractivity contribution in [1.29, 1.82) is 0 Å². The van der Waals surface area contributed by atoms with Crippen molar-refractivity contribution in [3.05, 3.63) is 29.3 Å². The molecule has 0 spiro atoms. The number of carbonyl (C=O) groups excluding carboxylic acids is 2. The van der Waals surface area contributed by atoms with Gasteiger partial charge in [0.2, 0.25) is 11.8 Å². The molecule has 2 aliphatic rings. The molecule has 1 aromatic carbocycles. The fourth-order valence-electron chi connectivity index (χ4n) is 3.68. The van der Waals surface area contributed by atoms with E-state index in [1.165, 1.54) is 5.56 Å². The van der Waals surface area contributed by atoms with E-state index in [0.29, 0.717) is 25.3 Å². The van der Waals surface area contributed by atoms with Crippen molar-refractivity contribution < 1.29 is 9.59 Å². The molecule has 23 heavy (non-hydrogen) atoms. The van der Waals surface area contributed by atoms with Crippen molar-refractivity contribution in [2.75, 3.05) is 11.9 Å². The van der Waals surface area contributed by atoms with Gasteiger partial charge in [-0.05, 0) is 55.3 Å². The summed E-state index contributed by atoms with van der Waals surface area (Å²) >= 11 is 0. The average Bonchev–Trinajstić information content (AvgIpc) is 3.11. The molecular formula is C18H25N3O2. The van der Waals surface area contributed by atoms with E-state index in [4.69, 9.17) is 5.73 Å². The van der Waals surface area contributed by atoms with Crippen LogP contribution < -0.4 is 16.4 Å². The Hall–Kier alpha value is -1.88. The molecule has 0 saturated heterocycles. The molecule has 3 rings (SSSR count). The normalized spacial score (nSPS) is 22.7. The van der Waals surface area contributed by atoms with Crippen LogP contribution in [0.3, 0.4) is 0 Å². The molecule has 1 heterocycles. The van der Waals surface area contributed by atoms with Gasteiger partial charge in [-0.1, -0.05) is 18.6 Å². The molecule has 0 aromatic heterocycles. The largest absolute Gasteiger partial charge is 0.353 e. The summed E-state index contributed by atoms with van der Waals surface area (Å²) < 4.78 is 0. The summed E-state index contributed by atoms with van der Waals surface area (Å²) in [6.45, 7) is 0.660. The van der Waals surface area contributed by atoms with Gasteiger partial charge in [0.05, 0.1) is 6.42 Å². The second-order valence-electron chi connectivity index (χ2n) is 6.67. The van der Waals surface area contributed by atoms with Crippen LogP contribution in [0.1, 0.15) is 43.2 Å². The fraction of sp³-hybridized carbons (Fsp3) is 0.556. The van der Waals surface area contributed by atoms with Crippen LogP contribution in [0.4, 0.5) is 5.69 Å². The zero-order valence-corrected chi connectivity index (χ0v) is 13.4. The number of amides is 2. The molecule has 1 aliphatic carbocycles. The number of carbonyl (C=O) groups is 2. The van der Waals surface area contributed by atoms with Crippen LogP contribution in [0.2, 0.25) is 0 Å². The highest BCUT2D eigenvalue weighted by molar-refractivity contribution is 5.99. The quantitative estimate of drug-likeness (QED) is 0.748. The lowest BCUT2D eigenvalue weighted by atomic mass is 10.0. The van der Waals surface area contributed by atoms with Crippen LogP contribution in [0.15, 0.2) is 18.2 Å². The maximum absolute atomic E-state index is 12.1. The second-order valence-corrected chi connectivity index (χ2v) is 6.67. The molecule has 2 atom stereocenters. The van der Waals surface area contributed by atoms with Crippen molar-refractivity contribution in [2.45, 2.75) is 51.0 Å². The Morgan fingerprint density at radius 1 is 1.35 bits per heavy atom. The second kappa shape index (κ2) is 7.13. The van der Waals surface area contributed by atoms with Gasteiger partial charge in [0, 0.05) is 18.2 Å². The smallest absolute Gasteiger partial charge is 0.228 e. The summed E-state index contributed by atoms with van der Waals surface area (Å²) in [4.78, 5) is 23.4. The Balaban J connectivity index is 1.44. The Morgan fingerprint density at radius 2 is 2.22 bits per heavy atom. The number of nitrogens with two attached hydrogens (primary N) is 1. The van der Waals surface area contributed by atoms with Gasteiger partial charge in [-0.3, -0.25) is 9.59 Å². The number of hydrogen-bond acceptors (Lipinski definition) is 3. The minimum absolute atomic E-state index is 0.0579. The van der Waals surface area contributed by atoms with E-state index in [1.807, 2.05) is 12.1 Å². The summed E-state index contributed by atoms with van der Waals surface area (Å²) in [5.41, 5.74) is 8.92. The number of rotatable bonds is 6. The lowest BCUT2D eigenvalue weighted by Gasteiger charge is -2.19. The molecule has 1 fully saturated rings. The SMILES string of the molecule is NCC1CCCC1NC(=O)CCCc1ccc2c(c1)CC(=O)N2. The van der Waals surface area contributed by atoms with Crippen LogP contribution >= 0.6 is 0 Å². The van der Waals surface area contributed by atoms with E-state index in [1.54, 1.807) is 0 Å². The van der Waals surface area contributed by atoms with Gasteiger partial charge in [0.1, 0.15) is 0 Å². The first-order valence-corrected chi connectivity index (χ1v) is 8.57. The minimum atomic E-state index is 0.0579. The van der Waals surface area contributed by atoms with Crippen molar-refractivity contribution in [3.63, 3.8) is 0 Å². The number of benzene rings is 1. The van der Waals surface area contributed by atoms with Gasteiger partial charge in [-0.15, -0.1) is 0 Å². The van der Waals surface area contributed by atoms with Gasteiger partial charge < -0.3 is 16.4 Å². The number of hydrogen-bond donors (Lipinski definition) is 3. The Morgan fingerprint density at radius 3 is 3.04 bits per heavy atom. The van der Waals surface area contributed by atoms with E-state index < -0.39 is 0 Å². The molecule has 1 aromatic rings. The summed E-state index contributed by atoms with van der Waals surface area (Å²) in [6.07, 6.45) is 6.04. The Bertz CT molecular complexity index is 600. The molecule has 0 radical (unpaired) electrons. The molecule has 4 N–H and O–H groups in total. The van der Waals surface area contributed by atoms with Crippen molar-refractivity contribution >= 4 is 17.5 Å². The Labute approximate surface area is 137 Å². The highest BCUT2D eigenvalue weighted by Crippen LogP contribution is 2.25. The van der Waals surface area contributed by atoms with Crippen molar-refractivity contribution in [3.8, 4) is 0 Å². The fourth-order valence-corrected chi connectivity index (χ4v) is 3.68. The van der Waals surface area contributed by atoms with Gasteiger partial charge in [0.15, 0.2) is 0 Å². The van der Waals surface area contributed by atoms with Crippen molar-refractivity contribution in [1.82, 2.24) is 5.32 Å². The molecule has 124 valence electrons. The third-order valence-corrected chi connectivity index (χ3v) is 4.97. The Kier molecular flexibility index (Phi) is 4.96. The summed E-state index contributed by atoms with van der Waals surface area (Å²) in [7, 11) is 0. The monoisotopic (exact) mass is 315 g/mol. The number of aryl methyl sites for hydroxylation is 1. The van der Waals surface area contributed by atoms with Crippen LogP contribution in [-0.4, -0.2) is 24.4 Å². The van der Waals surface area contributed by atoms with Crippen LogP contribution in [0.25, 0.3) is 0 Å². The van der Waals surface area contributed by atoms with Gasteiger partial charge >= 0.3 is 0 Å². The van der Waals surface area contributed by atoms with E-state index >= 15 is 0 Å². The lowest BCUT2D eigenvalue weighted by molar-refractivity contribution is -0.122. The molecule has 1 saturated carbocycles. The third-order valence-electron chi connectivity index (χ3n) is 4.97. The molecule has 5 heteroatoms. The van der Waals surface area contributed by atoms with Gasteiger partial charge in [-0.25, -0.2) is 0 Å². The van der Waals surface area contributed by atoms with Crippen LogP contribution in [0, 0.1) is 5.92 Å². The van der Waals surface area contributed by atoms with E-state index in [9.17, 15) is 9.59 Å². The average molecular weight is 315 g/mol. The highest BCUT2D eigenvalue weighted by Gasteiger charge is 2.27. The van der Waals surface area contributed by atoms with Crippen LogP contribution in [-0.2, 0) is 22.4 Å². The van der Waals surface area contributed by atoms with Gasteiger partial charge in [0.25, 0.3) is 0 Å². The predicted molar refractivity (Wildman–Crippen MR) is 90.0 cm³/mol. The van der Waals surface area contributed by atoms with Crippen molar-refractivity contribution in [2.24, 2.45) is 11.7 Å². The molecule has 2 amide bonds. The first-order chi connectivity index (χ1) is 11.2. The van der Waals surface area contributed by atoms with E-state index in [2.05, 4.69) is 16.7 Å². The van der Waals surface area contributed by atoms with E-state index in [-0.39, 0.29) is 17.9 Å². The van der Waals surface area contributed by atoms with Crippen LogP contribution in [0.5, 0.6) is 0 Å². The first kappa shape index (κ1) is 16.0. The third kappa shape index (κ3) is 3.91. The van der Waals surface area contributed by atoms with E-state index in [0.717, 1.165) is 43.4 Å². The number of fused-ring (bicyclic) bond motifs is 1. The summed E-state index contributed by atoms with van der Waals surface area (Å²) in [6, 6.07) is 6.33. The lowest BCUT2D eigenvalue weighted by Crippen LogP contribution is -2.39. The molecule has 2 unspecified atom stereocenters. The minimum Gasteiger partial charge on any atom is -0.353 e. The topological polar surface area (TPSA) is 84.2 Å². The zero-order valence-electron chi connectivity index (χ0n) is 13.4. The van der Waals surface area contributed by atoms with Gasteiger partial charge in [-0.2, -0.15) is 0 Å². The maximum atomic E-state index is 12.1. The number of nitrogens with one attached hydrogen (secondary N) is 2. The molecule has 5 nitrogen and oxygen atoms in total. The molecular weight excluding hydrogens is 290 g/mol. The predicted octanol–water partition coefficient (Wildman–Crippen LogP) is 1.75. The number of anilines is 1. The standard InChI is InChI=1S/C18H25N3O2/c19-11-13-4-2-5-15(13)20-17(22)6-1-3-12-7-8-16-14(9-12)10-18(23)21-16/h7-9,13,15H,1-6,10-11,19H2,(H,20,22)(H,21,23). The molecule has 0 bridgehead atoms. The highest BCUT2D eigenvalue weighted by atomic mass is 16.2. The maximum Gasteiger partial charge on any atom is 0.228 e. The summed E-state index contributed by atoms with van der Waals surface area (Å²) in [5, 5.41) is 5.98. The first-order valence-electron chi connectivity index (χ1n) is 8.57. The molecule has 1 aliphatic heterocycles. The summed E-state index contributed by atoms with van der Waals surface area (Å²) in [5.74, 6) is 0.636. The zero-order chi connectivity index (χ0) is 16.2.